The molecule has 0 saturated carbocycles. The Kier molecular flexibility index (Phi) is 10.4. The molecular weight excluding hydrogens is 666 g/mol. The van der Waals surface area contributed by atoms with E-state index in [2.05, 4.69) is 5.32 Å². The van der Waals surface area contributed by atoms with Gasteiger partial charge in [0.1, 0.15) is 5.75 Å². The molecular formula is C40H44FN3O6Si. The van der Waals surface area contributed by atoms with Crippen molar-refractivity contribution in [3.63, 3.8) is 0 Å². The fraction of sp³-hybridized carbons (Fsp3) is 0.325. The van der Waals surface area contributed by atoms with Gasteiger partial charge in [0.15, 0.2) is 5.60 Å². The van der Waals surface area contributed by atoms with Gasteiger partial charge in [0, 0.05) is 41.4 Å². The second-order valence-electron chi connectivity index (χ2n) is 13.8. The lowest BCUT2D eigenvalue weighted by Crippen LogP contribution is -2.45. The molecule has 11 heteroatoms. The van der Waals surface area contributed by atoms with Crippen molar-refractivity contribution in [3.8, 4) is 5.75 Å². The Balaban J connectivity index is 1.32. The number of benzene rings is 4. The average molecular weight is 710 g/mol. The maximum atomic E-state index is 16.5. The molecule has 0 aromatic heterocycles. The summed E-state index contributed by atoms with van der Waals surface area (Å²) < 4.78 is 28.9. The van der Waals surface area contributed by atoms with Crippen LogP contribution in [-0.2, 0) is 33.0 Å². The number of halogens is 1. The van der Waals surface area contributed by atoms with Gasteiger partial charge < -0.3 is 33.8 Å². The van der Waals surface area contributed by atoms with E-state index in [4.69, 9.17) is 9.47 Å². The number of aliphatic hydroxyl groups is 1. The molecule has 0 aliphatic carbocycles. The molecule has 6 rings (SSSR count). The summed E-state index contributed by atoms with van der Waals surface area (Å²) in [4.78, 5) is 44.8. The van der Waals surface area contributed by atoms with Crippen LogP contribution in [0.3, 0.4) is 0 Å². The number of ether oxygens (including phenoxy) is 2. The Morgan fingerprint density at radius 2 is 1.67 bits per heavy atom. The number of nitrogens with zero attached hydrogens (tertiary/aromatic N) is 2. The molecule has 1 saturated heterocycles. The number of hydrogen-bond acceptors (Lipinski definition) is 6. The molecule has 1 spiro atoms. The van der Waals surface area contributed by atoms with Crippen LogP contribution in [0, 0.1) is 5.92 Å². The highest BCUT2D eigenvalue weighted by atomic mass is 28.4. The van der Waals surface area contributed by atoms with Crippen molar-refractivity contribution >= 4 is 37.5 Å². The topological polar surface area (TPSA) is 108 Å². The first-order valence-corrected chi connectivity index (χ1v) is 20.2. The summed E-state index contributed by atoms with van der Waals surface area (Å²) in [5.74, 6) is -0.962. The van der Waals surface area contributed by atoms with Gasteiger partial charge in [0.05, 0.1) is 38.5 Å². The van der Waals surface area contributed by atoms with Crippen LogP contribution in [0.5, 0.6) is 5.75 Å². The summed E-state index contributed by atoms with van der Waals surface area (Å²) >= 11 is 0. The number of rotatable bonds is 12. The normalized spacial score (nSPS) is 21.1. The molecule has 2 aliphatic heterocycles. The fourth-order valence-electron chi connectivity index (χ4n) is 7.75. The van der Waals surface area contributed by atoms with Crippen LogP contribution >= 0.6 is 0 Å². The SMILES string of the molecule is COc1ccc2c(c1)[C@]1(O[C@@H](CC(=O)N(CCO)Cc3ccccc3)[C@H]([Si](C)(C)F)[C@H]1C)C(=O)N2Cc1cccc(NC(=O)c2ccccc2)c1. The molecule has 0 unspecified atom stereocenters. The third kappa shape index (κ3) is 7.19. The van der Waals surface area contributed by atoms with Crippen LogP contribution in [0.1, 0.15) is 40.4 Å². The number of carbonyl (C=O) groups is 3. The van der Waals surface area contributed by atoms with E-state index in [1.165, 1.54) is 0 Å². The molecule has 266 valence electrons. The van der Waals surface area contributed by atoms with Gasteiger partial charge in [-0.1, -0.05) is 67.6 Å². The molecule has 4 atom stereocenters. The maximum absolute atomic E-state index is 16.5. The molecule has 1 fully saturated rings. The van der Waals surface area contributed by atoms with E-state index >= 15 is 4.11 Å². The minimum absolute atomic E-state index is 0.111. The Labute approximate surface area is 299 Å². The first-order chi connectivity index (χ1) is 24.5. The molecule has 0 radical (unpaired) electrons. The lowest BCUT2D eigenvalue weighted by Gasteiger charge is -2.31. The quantitative estimate of drug-likeness (QED) is 0.126. The standard InChI is InChI=1S/C40H44FN3O6Si/c1-27-37(51(3,4)41)35(24-36(46)43(20-21-45)25-28-12-7-5-8-13-28)50-40(27)33-23-32(49-2)18-19-34(33)44(39(40)48)26-29-14-11-17-31(22-29)42-38(47)30-15-9-6-10-16-30/h5-19,22-23,27,35,37,45H,20-21,24-26H2,1-4H3,(H,42,47)/t27-,35+,37-,40+/m1/s1. The summed E-state index contributed by atoms with van der Waals surface area (Å²) in [5.41, 5.74) is 1.71. The summed E-state index contributed by atoms with van der Waals surface area (Å²) in [6, 6.07) is 31.1. The lowest BCUT2D eigenvalue weighted by atomic mass is 9.82. The summed E-state index contributed by atoms with van der Waals surface area (Å²) in [5, 5.41) is 12.7. The minimum atomic E-state index is -3.55. The van der Waals surface area contributed by atoms with Gasteiger partial charge in [-0.15, -0.1) is 0 Å². The molecule has 4 aromatic rings. The van der Waals surface area contributed by atoms with E-state index in [1.54, 1.807) is 72.5 Å². The van der Waals surface area contributed by atoms with E-state index in [9.17, 15) is 19.5 Å². The highest BCUT2D eigenvalue weighted by Crippen LogP contribution is 2.60. The van der Waals surface area contributed by atoms with Crippen molar-refractivity contribution in [2.45, 2.75) is 56.8 Å². The number of aliphatic hydroxyl groups excluding tert-OH is 1. The van der Waals surface area contributed by atoms with Crippen molar-refractivity contribution in [1.29, 1.82) is 0 Å². The first-order valence-electron chi connectivity index (χ1n) is 17.2. The number of anilines is 2. The van der Waals surface area contributed by atoms with E-state index in [1.807, 2.05) is 67.6 Å². The van der Waals surface area contributed by atoms with E-state index < -0.39 is 31.6 Å². The number of fused-ring (bicyclic) bond motifs is 2. The van der Waals surface area contributed by atoms with Crippen LogP contribution in [0.4, 0.5) is 15.5 Å². The zero-order chi connectivity index (χ0) is 36.3. The molecule has 51 heavy (non-hydrogen) atoms. The molecule has 2 aliphatic rings. The van der Waals surface area contributed by atoms with Crippen LogP contribution in [0.25, 0.3) is 0 Å². The number of methoxy groups -OCH3 is 1. The zero-order valence-electron chi connectivity index (χ0n) is 29.3. The van der Waals surface area contributed by atoms with Gasteiger partial charge in [0.2, 0.25) is 14.3 Å². The minimum Gasteiger partial charge on any atom is -0.497 e. The number of carbonyl (C=O) groups excluding carboxylic acids is 3. The van der Waals surface area contributed by atoms with Crippen molar-refractivity contribution < 1.29 is 33.1 Å². The van der Waals surface area contributed by atoms with Crippen LogP contribution < -0.4 is 15.0 Å². The first kappa shape index (κ1) is 36.0. The van der Waals surface area contributed by atoms with Crippen molar-refractivity contribution in [1.82, 2.24) is 4.90 Å². The second kappa shape index (κ2) is 14.8. The van der Waals surface area contributed by atoms with E-state index in [-0.39, 0.29) is 50.4 Å². The predicted molar refractivity (Wildman–Crippen MR) is 197 cm³/mol. The smallest absolute Gasteiger partial charge is 0.264 e. The summed E-state index contributed by atoms with van der Waals surface area (Å²) in [6.07, 6.45) is -1.02. The van der Waals surface area contributed by atoms with E-state index in [0.717, 1.165) is 11.1 Å². The lowest BCUT2D eigenvalue weighted by molar-refractivity contribution is -0.150. The highest BCUT2D eigenvalue weighted by molar-refractivity contribution is 6.72. The van der Waals surface area contributed by atoms with Gasteiger partial charge in [-0.3, -0.25) is 14.4 Å². The highest BCUT2D eigenvalue weighted by Gasteiger charge is 2.67. The predicted octanol–water partition coefficient (Wildman–Crippen LogP) is 6.68. The zero-order valence-corrected chi connectivity index (χ0v) is 30.3. The Morgan fingerprint density at radius 1 is 0.980 bits per heavy atom. The van der Waals surface area contributed by atoms with Crippen molar-refractivity contribution in [3.05, 3.63) is 125 Å². The Bertz CT molecular complexity index is 1890. The number of nitrogens with one attached hydrogen (secondary N) is 1. The molecule has 0 bridgehead atoms. The number of amides is 3. The van der Waals surface area contributed by atoms with E-state index in [0.29, 0.717) is 28.3 Å². The van der Waals surface area contributed by atoms with Gasteiger partial charge >= 0.3 is 0 Å². The summed E-state index contributed by atoms with van der Waals surface area (Å²) in [6.45, 7) is 5.38. The molecule has 2 N–H and O–H groups in total. The largest absolute Gasteiger partial charge is 0.497 e. The van der Waals surface area contributed by atoms with Crippen molar-refractivity contribution in [2.24, 2.45) is 5.92 Å². The maximum Gasteiger partial charge on any atom is 0.264 e. The average Bonchev–Trinajstić information content (AvgIpc) is 3.54. The Morgan fingerprint density at radius 3 is 2.33 bits per heavy atom. The molecule has 9 nitrogen and oxygen atoms in total. The number of hydrogen-bond donors (Lipinski definition) is 2. The molecule has 4 aromatic carbocycles. The van der Waals surface area contributed by atoms with Crippen molar-refractivity contribution in [2.75, 3.05) is 30.5 Å². The third-order valence-corrected chi connectivity index (χ3v) is 12.5. The Hall–Kier alpha value is -4.84. The van der Waals surface area contributed by atoms with Gasteiger partial charge in [0.25, 0.3) is 11.8 Å². The van der Waals surface area contributed by atoms with Crippen LogP contribution in [0.2, 0.25) is 18.6 Å². The molecule has 2 heterocycles. The second-order valence-corrected chi connectivity index (χ2v) is 17.6. The summed E-state index contributed by atoms with van der Waals surface area (Å²) in [7, 11) is -2.00. The van der Waals surface area contributed by atoms with Gasteiger partial charge in [-0.25, -0.2) is 0 Å². The van der Waals surface area contributed by atoms with Crippen LogP contribution in [-0.4, -0.2) is 62.5 Å². The monoisotopic (exact) mass is 709 g/mol. The molecule has 3 amide bonds. The van der Waals surface area contributed by atoms with Gasteiger partial charge in [-0.2, -0.15) is 0 Å². The fourth-order valence-corrected chi connectivity index (χ4v) is 10.2. The van der Waals surface area contributed by atoms with Crippen LogP contribution in [0.15, 0.2) is 103 Å². The third-order valence-electron chi connectivity index (χ3n) is 10.0. The van der Waals surface area contributed by atoms with Gasteiger partial charge in [-0.05, 0) is 66.7 Å².